The maximum atomic E-state index is 12.9. The molecule has 1 aliphatic heterocycles. The van der Waals surface area contributed by atoms with Crippen molar-refractivity contribution < 1.29 is 9.53 Å². The predicted octanol–water partition coefficient (Wildman–Crippen LogP) is 3.79. The molecule has 154 valence electrons. The number of hydrogen-bond donors (Lipinski definition) is 3. The van der Waals surface area contributed by atoms with Gasteiger partial charge in [-0.05, 0) is 54.8 Å². The molecule has 4 aromatic rings. The third-order valence-electron chi connectivity index (χ3n) is 6.44. The number of fused-ring (bicyclic) bond motifs is 3. The van der Waals surface area contributed by atoms with E-state index in [2.05, 4.69) is 42.9 Å². The number of nitrogens with one attached hydrogen (secondary N) is 3. The van der Waals surface area contributed by atoms with Crippen molar-refractivity contribution in [1.82, 2.24) is 20.2 Å². The second-order valence-corrected chi connectivity index (χ2v) is 8.15. The van der Waals surface area contributed by atoms with Gasteiger partial charge in [0.05, 0.1) is 18.0 Å². The summed E-state index contributed by atoms with van der Waals surface area (Å²) in [7, 11) is 1.64. The first-order valence-electron chi connectivity index (χ1n) is 10.1. The van der Waals surface area contributed by atoms with Gasteiger partial charge in [-0.25, -0.2) is 9.97 Å². The van der Waals surface area contributed by atoms with Crippen LogP contribution in [0.3, 0.4) is 0 Å². The average Bonchev–Trinajstić information content (AvgIpc) is 3.34. The van der Waals surface area contributed by atoms with Gasteiger partial charge in [0.1, 0.15) is 17.9 Å². The Hall–Kier alpha value is -3.94. The summed E-state index contributed by atoms with van der Waals surface area (Å²) in [5.41, 5.74) is 4.36. The van der Waals surface area contributed by atoms with Crippen LogP contribution in [0.4, 0.5) is 17.3 Å². The van der Waals surface area contributed by atoms with Crippen LogP contribution in [-0.4, -0.2) is 33.2 Å². The fourth-order valence-corrected chi connectivity index (χ4v) is 4.69. The number of H-pyrrole nitrogens is 1. The number of amides is 1. The van der Waals surface area contributed by atoms with Crippen molar-refractivity contribution in [3.05, 3.63) is 65.6 Å². The van der Waals surface area contributed by atoms with Crippen LogP contribution in [0.2, 0.25) is 0 Å². The zero-order valence-corrected chi connectivity index (χ0v) is 17.1. The number of aromatic nitrogens is 4. The van der Waals surface area contributed by atoms with E-state index in [9.17, 15) is 4.79 Å². The molecule has 1 fully saturated rings. The molecule has 6 rings (SSSR count). The first-order chi connectivity index (χ1) is 15.1. The van der Waals surface area contributed by atoms with Crippen LogP contribution in [0.1, 0.15) is 29.0 Å². The van der Waals surface area contributed by atoms with E-state index in [1.807, 2.05) is 31.2 Å². The molecule has 1 spiro atoms. The molecule has 2 aliphatic rings. The Labute approximate surface area is 178 Å². The lowest BCUT2D eigenvalue weighted by Crippen LogP contribution is -2.21. The number of anilines is 3. The molecule has 8 heteroatoms. The van der Waals surface area contributed by atoms with E-state index in [-0.39, 0.29) is 11.8 Å². The highest BCUT2D eigenvalue weighted by atomic mass is 16.5. The van der Waals surface area contributed by atoms with Crippen LogP contribution in [0, 0.1) is 6.92 Å². The van der Waals surface area contributed by atoms with Gasteiger partial charge in [0.15, 0.2) is 5.82 Å². The molecule has 2 unspecified atom stereocenters. The molecule has 8 nitrogen and oxygen atoms in total. The zero-order valence-electron chi connectivity index (χ0n) is 17.1. The number of carbonyl (C=O) groups is 1. The number of ether oxygens (including phenoxy) is 1. The fourth-order valence-electron chi connectivity index (χ4n) is 4.69. The highest BCUT2D eigenvalue weighted by molar-refractivity contribution is 6.10. The molecule has 31 heavy (non-hydrogen) atoms. The third-order valence-corrected chi connectivity index (χ3v) is 6.44. The number of rotatable bonds is 4. The molecule has 3 heterocycles. The summed E-state index contributed by atoms with van der Waals surface area (Å²) in [5.74, 6) is 2.38. The van der Waals surface area contributed by atoms with Gasteiger partial charge in [-0.1, -0.05) is 6.07 Å². The number of carbonyl (C=O) groups excluding carboxylic acids is 1. The number of benzene rings is 2. The SMILES string of the molecule is COc1ccc2c(c1)C1(CC1c1ccc3c(Nc4ncncc4C)n[nH]c3c1)C(=O)N2. The molecule has 2 aromatic heterocycles. The van der Waals surface area contributed by atoms with Gasteiger partial charge in [0.25, 0.3) is 0 Å². The molecule has 1 amide bonds. The van der Waals surface area contributed by atoms with E-state index in [1.165, 1.54) is 6.33 Å². The topological polar surface area (TPSA) is 105 Å². The predicted molar refractivity (Wildman–Crippen MR) is 117 cm³/mol. The number of hydrogen-bond acceptors (Lipinski definition) is 6. The van der Waals surface area contributed by atoms with Crippen molar-refractivity contribution in [2.75, 3.05) is 17.7 Å². The highest BCUT2D eigenvalue weighted by Gasteiger charge is 2.65. The van der Waals surface area contributed by atoms with Crippen molar-refractivity contribution in [3.8, 4) is 5.75 Å². The van der Waals surface area contributed by atoms with E-state index >= 15 is 0 Å². The lowest BCUT2D eigenvalue weighted by Gasteiger charge is -2.10. The summed E-state index contributed by atoms with van der Waals surface area (Å²) in [6, 6.07) is 12.0. The Bertz CT molecular complexity index is 1360. The Balaban J connectivity index is 1.34. The van der Waals surface area contributed by atoms with E-state index < -0.39 is 5.41 Å². The first-order valence-corrected chi connectivity index (χ1v) is 10.1. The van der Waals surface area contributed by atoms with Crippen molar-refractivity contribution in [2.24, 2.45) is 0 Å². The number of nitrogens with zero attached hydrogens (tertiary/aromatic N) is 3. The van der Waals surface area contributed by atoms with Crippen molar-refractivity contribution >= 4 is 34.1 Å². The minimum Gasteiger partial charge on any atom is -0.497 e. The largest absolute Gasteiger partial charge is 0.497 e. The monoisotopic (exact) mass is 412 g/mol. The van der Waals surface area contributed by atoms with Gasteiger partial charge in [-0.15, -0.1) is 0 Å². The van der Waals surface area contributed by atoms with Crippen molar-refractivity contribution in [1.29, 1.82) is 0 Å². The summed E-state index contributed by atoms with van der Waals surface area (Å²) in [6.07, 6.45) is 4.05. The normalized spacial score (nSPS) is 21.2. The van der Waals surface area contributed by atoms with Crippen LogP contribution < -0.4 is 15.4 Å². The first kappa shape index (κ1) is 17.9. The molecule has 3 N–H and O–H groups in total. The molecule has 0 radical (unpaired) electrons. The Morgan fingerprint density at radius 1 is 1.19 bits per heavy atom. The molecule has 1 aliphatic carbocycles. The van der Waals surface area contributed by atoms with Crippen molar-refractivity contribution in [3.63, 3.8) is 0 Å². The van der Waals surface area contributed by atoms with Crippen LogP contribution in [0.25, 0.3) is 10.9 Å². The molecular weight excluding hydrogens is 392 g/mol. The maximum Gasteiger partial charge on any atom is 0.235 e. The molecule has 2 atom stereocenters. The number of methoxy groups -OCH3 is 1. The molecule has 1 saturated carbocycles. The van der Waals surface area contributed by atoms with Gasteiger partial charge in [0.2, 0.25) is 5.91 Å². The lowest BCUT2D eigenvalue weighted by molar-refractivity contribution is -0.118. The van der Waals surface area contributed by atoms with Gasteiger partial charge in [-0.3, -0.25) is 9.89 Å². The van der Waals surface area contributed by atoms with Gasteiger partial charge in [-0.2, -0.15) is 5.10 Å². The summed E-state index contributed by atoms with van der Waals surface area (Å²) in [5, 5.41) is 14.8. The fraction of sp³-hybridized carbons (Fsp3) is 0.217. The Morgan fingerprint density at radius 2 is 2.10 bits per heavy atom. The van der Waals surface area contributed by atoms with Gasteiger partial charge < -0.3 is 15.4 Å². The molecule has 0 bridgehead atoms. The van der Waals surface area contributed by atoms with E-state index in [1.54, 1.807) is 13.3 Å². The maximum absolute atomic E-state index is 12.9. The number of aromatic amines is 1. The second-order valence-electron chi connectivity index (χ2n) is 8.15. The standard InChI is InChI=1S/C23H20N6O2/c1-12-10-24-11-25-20(12)27-21-15-5-3-13(7-19(15)28-29-21)17-9-23(17)16-8-14(31-2)4-6-18(16)26-22(23)30/h3-8,10-11,17H,9H2,1-2H3,(H,26,30)(H2,24,25,27,28,29). The Kier molecular flexibility index (Phi) is 3.62. The summed E-state index contributed by atoms with van der Waals surface area (Å²) in [6.45, 7) is 1.95. The van der Waals surface area contributed by atoms with E-state index in [0.717, 1.165) is 51.3 Å². The average molecular weight is 412 g/mol. The number of aryl methyl sites for hydroxylation is 1. The zero-order chi connectivity index (χ0) is 21.2. The second kappa shape index (κ2) is 6.28. The minimum atomic E-state index is -0.517. The third kappa shape index (κ3) is 2.54. The van der Waals surface area contributed by atoms with Crippen molar-refractivity contribution in [2.45, 2.75) is 24.7 Å². The van der Waals surface area contributed by atoms with Crippen LogP contribution >= 0.6 is 0 Å². The van der Waals surface area contributed by atoms with Gasteiger partial charge in [0, 0.05) is 28.8 Å². The van der Waals surface area contributed by atoms with E-state index in [0.29, 0.717) is 5.82 Å². The highest BCUT2D eigenvalue weighted by Crippen LogP contribution is 2.65. The molecule has 2 aromatic carbocycles. The summed E-state index contributed by atoms with van der Waals surface area (Å²) in [4.78, 5) is 21.2. The smallest absolute Gasteiger partial charge is 0.235 e. The Morgan fingerprint density at radius 3 is 2.94 bits per heavy atom. The van der Waals surface area contributed by atoms with Crippen LogP contribution in [0.15, 0.2) is 48.9 Å². The molecular formula is C23H20N6O2. The van der Waals surface area contributed by atoms with Crippen LogP contribution in [-0.2, 0) is 10.2 Å². The summed E-state index contributed by atoms with van der Waals surface area (Å²) < 4.78 is 5.39. The van der Waals surface area contributed by atoms with Crippen LogP contribution in [0.5, 0.6) is 5.75 Å². The summed E-state index contributed by atoms with van der Waals surface area (Å²) >= 11 is 0. The minimum absolute atomic E-state index is 0.0621. The quantitative estimate of drug-likeness (QED) is 0.471. The van der Waals surface area contributed by atoms with E-state index in [4.69, 9.17) is 4.74 Å². The lowest BCUT2D eigenvalue weighted by atomic mass is 9.91. The van der Waals surface area contributed by atoms with Gasteiger partial charge >= 0.3 is 0 Å². The molecule has 0 saturated heterocycles.